The maximum Gasteiger partial charge on any atom is 0.220 e. The van der Waals surface area contributed by atoms with Gasteiger partial charge in [0.2, 0.25) is 5.91 Å². The Morgan fingerprint density at radius 3 is 2.56 bits per heavy atom. The van der Waals surface area contributed by atoms with E-state index in [1.165, 1.54) is 11.3 Å². The summed E-state index contributed by atoms with van der Waals surface area (Å²) in [5.41, 5.74) is 1.95. The highest BCUT2D eigenvalue weighted by molar-refractivity contribution is 7.18. The van der Waals surface area contributed by atoms with Gasteiger partial charge in [0.05, 0.1) is 14.9 Å². The quantitative estimate of drug-likeness (QED) is 0.639. The summed E-state index contributed by atoms with van der Waals surface area (Å²) < 4.78 is 2.34. The first-order valence-corrected chi connectivity index (χ1v) is 8.95. The monoisotopic (exact) mass is 373 g/mol. The molecular formula is C18H16ClN3O2S. The summed E-state index contributed by atoms with van der Waals surface area (Å²) in [6.07, 6.45) is 3.94. The molecule has 0 fully saturated rings. The molecule has 1 amide bonds. The molecule has 5 nitrogen and oxygen atoms in total. The molecule has 25 heavy (non-hydrogen) atoms. The van der Waals surface area contributed by atoms with Gasteiger partial charge < -0.3 is 5.32 Å². The molecule has 0 aliphatic rings. The molecular weight excluding hydrogens is 358 g/mol. The van der Waals surface area contributed by atoms with Gasteiger partial charge in [-0.2, -0.15) is 5.10 Å². The first-order valence-electron chi connectivity index (χ1n) is 7.76. The summed E-state index contributed by atoms with van der Waals surface area (Å²) >= 11 is 7.04. The average molecular weight is 374 g/mol. The van der Waals surface area contributed by atoms with Crippen LogP contribution in [0.2, 0.25) is 4.34 Å². The molecule has 7 heteroatoms. The molecule has 0 saturated carbocycles. The molecule has 2 aromatic heterocycles. The van der Waals surface area contributed by atoms with Gasteiger partial charge in [0.25, 0.3) is 0 Å². The number of ketones is 1. The predicted molar refractivity (Wildman–Crippen MR) is 98.3 cm³/mol. The molecule has 0 saturated heterocycles. The summed E-state index contributed by atoms with van der Waals surface area (Å²) in [5.74, 6) is -0.206. The SMILES string of the molecule is O=C(CCC(=O)c1ccc(Cl)s1)NCc1ccc(-n2cccn2)cc1. The lowest BCUT2D eigenvalue weighted by Crippen LogP contribution is -2.23. The van der Waals surface area contributed by atoms with Crippen LogP contribution in [0.25, 0.3) is 5.69 Å². The van der Waals surface area contributed by atoms with E-state index in [-0.39, 0.29) is 24.5 Å². The summed E-state index contributed by atoms with van der Waals surface area (Å²) in [6, 6.07) is 13.0. The number of benzene rings is 1. The molecule has 0 atom stereocenters. The van der Waals surface area contributed by atoms with Crippen LogP contribution in [0.5, 0.6) is 0 Å². The minimum Gasteiger partial charge on any atom is -0.352 e. The van der Waals surface area contributed by atoms with Crippen molar-refractivity contribution in [3.63, 3.8) is 0 Å². The number of carbonyl (C=O) groups is 2. The molecule has 128 valence electrons. The molecule has 0 aliphatic heterocycles. The maximum absolute atomic E-state index is 12.0. The fraction of sp³-hybridized carbons (Fsp3) is 0.167. The van der Waals surface area contributed by atoms with E-state index in [0.717, 1.165) is 11.3 Å². The second-order valence-corrected chi connectivity index (χ2v) is 7.14. The fourth-order valence-corrected chi connectivity index (χ4v) is 3.30. The Hall–Kier alpha value is -2.44. The Bertz CT molecular complexity index is 857. The third-order valence-electron chi connectivity index (χ3n) is 3.62. The van der Waals surface area contributed by atoms with Crippen molar-refractivity contribution in [3.8, 4) is 5.69 Å². The van der Waals surface area contributed by atoms with Crippen molar-refractivity contribution in [2.45, 2.75) is 19.4 Å². The van der Waals surface area contributed by atoms with Crippen LogP contribution in [0.15, 0.2) is 54.9 Å². The standard InChI is InChI=1S/C18H16ClN3O2S/c19-17-8-7-16(25-17)15(23)6-9-18(24)20-12-13-2-4-14(5-3-13)22-11-1-10-21-22/h1-5,7-8,10-11H,6,9,12H2,(H,20,24). The highest BCUT2D eigenvalue weighted by Gasteiger charge is 2.11. The van der Waals surface area contributed by atoms with E-state index in [1.54, 1.807) is 23.0 Å². The van der Waals surface area contributed by atoms with E-state index < -0.39 is 0 Å². The average Bonchev–Trinajstić information content (AvgIpc) is 3.30. The first kappa shape index (κ1) is 17.4. The molecule has 3 aromatic rings. The maximum atomic E-state index is 12.0. The molecule has 3 rings (SSSR count). The van der Waals surface area contributed by atoms with Crippen LogP contribution in [0.4, 0.5) is 0 Å². The number of thiophene rings is 1. The van der Waals surface area contributed by atoms with Gasteiger partial charge in [-0.1, -0.05) is 23.7 Å². The van der Waals surface area contributed by atoms with Gasteiger partial charge in [0, 0.05) is 31.8 Å². The van der Waals surface area contributed by atoms with Crippen molar-refractivity contribution in [2.24, 2.45) is 0 Å². The summed E-state index contributed by atoms with van der Waals surface area (Å²) in [5, 5.41) is 6.99. The third-order valence-corrected chi connectivity index (χ3v) is 4.89. The molecule has 1 N–H and O–H groups in total. The van der Waals surface area contributed by atoms with Crippen LogP contribution in [0.1, 0.15) is 28.1 Å². The van der Waals surface area contributed by atoms with Crippen LogP contribution in [0, 0.1) is 0 Å². The highest BCUT2D eigenvalue weighted by atomic mass is 35.5. The number of nitrogens with one attached hydrogen (secondary N) is 1. The zero-order valence-corrected chi connectivity index (χ0v) is 14.9. The van der Waals surface area contributed by atoms with E-state index in [4.69, 9.17) is 11.6 Å². The number of halogens is 1. The zero-order chi connectivity index (χ0) is 17.6. The normalized spacial score (nSPS) is 10.6. The van der Waals surface area contributed by atoms with Crippen LogP contribution in [0.3, 0.4) is 0 Å². The number of carbonyl (C=O) groups excluding carboxylic acids is 2. The van der Waals surface area contributed by atoms with E-state index >= 15 is 0 Å². The van der Waals surface area contributed by atoms with Crippen LogP contribution in [-0.4, -0.2) is 21.5 Å². The van der Waals surface area contributed by atoms with Gasteiger partial charge in [-0.3, -0.25) is 9.59 Å². The van der Waals surface area contributed by atoms with E-state index in [1.807, 2.05) is 36.5 Å². The van der Waals surface area contributed by atoms with Crippen molar-refractivity contribution >= 4 is 34.6 Å². The number of rotatable bonds is 7. The number of hydrogen-bond acceptors (Lipinski definition) is 4. The highest BCUT2D eigenvalue weighted by Crippen LogP contribution is 2.22. The second-order valence-electron chi connectivity index (χ2n) is 5.42. The molecule has 0 spiro atoms. The van der Waals surface area contributed by atoms with Gasteiger partial charge in [0.1, 0.15) is 0 Å². The van der Waals surface area contributed by atoms with Crippen molar-refractivity contribution < 1.29 is 9.59 Å². The summed E-state index contributed by atoms with van der Waals surface area (Å²) in [6.45, 7) is 0.428. The molecule has 0 bridgehead atoms. The number of amides is 1. The smallest absolute Gasteiger partial charge is 0.220 e. The summed E-state index contributed by atoms with van der Waals surface area (Å²) in [7, 11) is 0. The molecule has 1 aromatic carbocycles. The van der Waals surface area contributed by atoms with Gasteiger partial charge in [-0.15, -0.1) is 11.3 Å². The van der Waals surface area contributed by atoms with E-state index in [9.17, 15) is 9.59 Å². The van der Waals surface area contributed by atoms with Crippen molar-refractivity contribution in [1.82, 2.24) is 15.1 Å². The molecule has 0 unspecified atom stereocenters. The predicted octanol–water partition coefficient (Wildman–Crippen LogP) is 3.87. The minimum absolute atomic E-state index is 0.0596. The Morgan fingerprint density at radius 1 is 1.12 bits per heavy atom. The van der Waals surface area contributed by atoms with Crippen LogP contribution in [-0.2, 0) is 11.3 Å². The lowest BCUT2D eigenvalue weighted by molar-refractivity contribution is -0.121. The largest absolute Gasteiger partial charge is 0.352 e. The van der Waals surface area contributed by atoms with Crippen LogP contribution >= 0.6 is 22.9 Å². The number of Topliss-reactive ketones (excluding diaryl/α,β-unsaturated/α-hetero) is 1. The Labute approximate surface area is 154 Å². The number of nitrogens with zero attached hydrogens (tertiary/aromatic N) is 2. The molecule has 2 heterocycles. The number of hydrogen-bond donors (Lipinski definition) is 1. The van der Waals surface area contributed by atoms with E-state index in [2.05, 4.69) is 10.4 Å². The van der Waals surface area contributed by atoms with Gasteiger partial charge in [-0.25, -0.2) is 4.68 Å². The third kappa shape index (κ3) is 4.78. The van der Waals surface area contributed by atoms with Gasteiger partial charge >= 0.3 is 0 Å². The number of aromatic nitrogens is 2. The fourth-order valence-electron chi connectivity index (χ4n) is 2.29. The van der Waals surface area contributed by atoms with E-state index in [0.29, 0.717) is 15.8 Å². The van der Waals surface area contributed by atoms with Crippen molar-refractivity contribution in [2.75, 3.05) is 0 Å². The lowest BCUT2D eigenvalue weighted by Gasteiger charge is -2.06. The van der Waals surface area contributed by atoms with Gasteiger partial charge in [0.15, 0.2) is 5.78 Å². The lowest BCUT2D eigenvalue weighted by atomic mass is 10.1. The zero-order valence-electron chi connectivity index (χ0n) is 13.3. The van der Waals surface area contributed by atoms with Gasteiger partial charge in [-0.05, 0) is 35.9 Å². The Morgan fingerprint density at radius 2 is 1.92 bits per heavy atom. The Balaban J connectivity index is 1.45. The molecule has 0 aliphatic carbocycles. The first-order chi connectivity index (χ1) is 12.1. The van der Waals surface area contributed by atoms with Crippen molar-refractivity contribution in [3.05, 3.63) is 69.6 Å². The second kappa shape index (κ2) is 8.09. The molecule has 0 radical (unpaired) electrons. The van der Waals surface area contributed by atoms with Crippen molar-refractivity contribution in [1.29, 1.82) is 0 Å². The topological polar surface area (TPSA) is 64.0 Å². The summed E-state index contributed by atoms with van der Waals surface area (Å²) in [4.78, 5) is 24.5. The van der Waals surface area contributed by atoms with Crippen LogP contribution < -0.4 is 5.32 Å². The Kier molecular flexibility index (Phi) is 5.63. The minimum atomic E-state index is -0.146.